The molecular formula is C14H23N3O5. The van der Waals surface area contributed by atoms with Gasteiger partial charge in [0.25, 0.3) is 0 Å². The van der Waals surface area contributed by atoms with Gasteiger partial charge in [-0.1, -0.05) is 12.1 Å². The van der Waals surface area contributed by atoms with Crippen molar-refractivity contribution in [2.75, 3.05) is 6.54 Å². The second-order valence-corrected chi connectivity index (χ2v) is 4.69. The summed E-state index contributed by atoms with van der Waals surface area (Å²) < 4.78 is 0. The number of benzene rings is 1. The SMILES string of the molecule is NC(Cc1ccc(O)cc1)C(=O)O.NCCCC(N)C(=O)O. The number of phenolic OH excluding ortho intramolecular Hbond substituents is 1. The minimum Gasteiger partial charge on any atom is -0.508 e. The molecule has 1 rings (SSSR count). The molecule has 0 aromatic heterocycles. The number of carbonyl (C=O) groups is 2. The first-order chi connectivity index (χ1) is 10.3. The van der Waals surface area contributed by atoms with Crippen molar-refractivity contribution in [2.45, 2.75) is 31.3 Å². The van der Waals surface area contributed by atoms with E-state index in [1.807, 2.05) is 0 Å². The molecule has 0 bridgehead atoms. The summed E-state index contributed by atoms with van der Waals surface area (Å²) in [6.45, 7) is 0.501. The zero-order valence-electron chi connectivity index (χ0n) is 12.2. The molecule has 0 amide bonds. The smallest absolute Gasteiger partial charge is 0.320 e. The van der Waals surface area contributed by atoms with Gasteiger partial charge in [-0.15, -0.1) is 0 Å². The minimum atomic E-state index is -1.02. The Bertz CT molecular complexity index is 464. The highest BCUT2D eigenvalue weighted by Crippen LogP contribution is 2.10. The van der Waals surface area contributed by atoms with Crippen LogP contribution in [0.1, 0.15) is 18.4 Å². The highest BCUT2D eigenvalue weighted by atomic mass is 16.4. The van der Waals surface area contributed by atoms with Crippen LogP contribution in [0.15, 0.2) is 24.3 Å². The fraction of sp³-hybridized carbons (Fsp3) is 0.429. The molecule has 1 aromatic rings. The van der Waals surface area contributed by atoms with Gasteiger partial charge in [-0.05, 0) is 43.5 Å². The van der Waals surface area contributed by atoms with E-state index in [-0.39, 0.29) is 12.2 Å². The Balaban J connectivity index is 0.000000433. The lowest BCUT2D eigenvalue weighted by molar-refractivity contribution is -0.139. The lowest BCUT2D eigenvalue weighted by Gasteiger charge is -2.05. The number of aromatic hydroxyl groups is 1. The van der Waals surface area contributed by atoms with Gasteiger partial charge < -0.3 is 32.5 Å². The summed E-state index contributed by atoms with van der Waals surface area (Å²) >= 11 is 0. The summed E-state index contributed by atoms with van der Waals surface area (Å²) in [6, 6.07) is 4.68. The van der Waals surface area contributed by atoms with Crippen molar-refractivity contribution < 1.29 is 24.9 Å². The van der Waals surface area contributed by atoms with E-state index in [2.05, 4.69) is 0 Å². The fourth-order valence-corrected chi connectivity index (χ4v) is 1.43. The number of rotatable bonds is 7. The van der Waals surface area contributed by atoms with E-state index in [4.69, 9.17) is 32.5 Å². The molecule has 0 aliphatic carbocycles. The first kappa shape index (κ1) is 19.8. The Morgan fingerprint density at radius 1 is 1.00 bits per heavy atom. The van der Waals surface area contributed by atoms with Gasteiger partial charge >= 0.3 is 11.9 Å². The standard InChI is InChI=1S/C9H11NO3.C5H12N2O2/c10-8(9(12)13)5-6-1-3-7(11)4-2-6;6-3-1-2-4(7)5(8)9/h1-4,8,11H,5,10H2,(H,12,13);4H,1-3,6-7H2,(H,8,9). The Kier molecular flexibility index (Phi) is 9.51. The highest BCUT2D eigenvalue weighted by molar-refractivity contribution is 5.73. The Hall–Kier alpha value is -2.16. The number of hydrogen-bond donors (Lipinski definition) is 6. The average Bonchev–Trinajstić information content (AvgIpc) is 2.47. The molecule has 0 fully saturated rings. The molecule has 1 aromatic carbocycles. The molecule has 0 heterocycles. The van der Waals surface area contributed by atoms with Crippen molar-refractivity contribution >= 4 is 11.9 Å². The Labute approximate surface area is 128 Å². The molecule has 2 unspecified atom stereocenters. The van der Waals surface area contributed by atoms with Gasteiger partial charge in [0.15, 0.2) is 0 Å². The van der Waals surface area contributed by atoms with E-state index in [0.717, 1.165) is 5.56 Å². The first-order valence-electron chi connectivity index (χ1n) is 6.72. The van der Waals surface area contributed by atoms with E-state index in [1.165, 1.54) is 12.1 Å². The summed E-state index contributed by atoms with van der Waals surface area (Å²) in [5, 5.41) is 25.7. The zero-order valence-corrected chi connectivity index (χ0v) is 12.2. The van der Waals surface area contributed by atoms with E-state index in [9.17, 15) is 9.59 Å². The van der Waals surface area contributed by atoms with Crippen LogP contribution in [0, 0.1) is 0 Å². The molecule has 0 aliphatic heterocycles. The average molecular weight is 313 g/mol. The van der Waals surface area contributed by atoms with E-state index >= 15 is 0 Å². The Morgan fingerprint density at radius 2 is 1.50 bits per heavy atom. The quantitative estimate of drug-likeness (QED) is 0.390. The van der Waals surface area contributed by atoms with Crippen LogP contribution in [0.3, 0.4) is 0 Å². The van der Waals surface area contributed by atoms with Crippen molar-refractivity contribution in [1.82, 2.24) is 0 Å². The van der Waals surface area contributed by atoms with Crippen molar-refractivity contribution in [2.24, 2.45) is 17.2 Å². The van der Waals surface area contributed by atoms with E-state index in [1.54, 1.807) is 12.1 Å². The summed E-state index contributed by atoms with van der Waals surface area (Å²) in [7, 11) is 0. The van der Waals surface area contributed by atoms with Crippen LogP contribution in [-0.4, -0.2) is 45.9 Å². The fourth-order valence-electron chi connectivity index (χ4n) is 1.43. The highest BCUT2D eigenvalue weighted by Gasteiger charge is 2.11. The molecule has 0 aliphatic rings. The topological polar surface area (TPSA) is 173 Å². The number of carboxylic acid groups (broad SMARTS) is 2. The number of nitrogens with two attached hydrogens (primary N) is 3. The van der Waals surface area contributed by atoms with E-state index in [0.29, 0.717) is 19.4 Å². The minimum absolute atomic E-state index is 0.160. The predicted octanol–water partition coefficient (Wildman–Crippen LogP) is -0.516. The van der Waals surface area contributed by atoms with E-state index < -0.39 is 24.0 Å². The van der Waals surface area contributed by atoms with Crippen LogP contribution in [0.25, 0.3) is 0 Å². The van der Waals surface area contributed by atoms with Gasteiger partial charge in [-0.25, -0.2) is 0 Å². The molecule has 8 heteroatoms. The van der Waals surface area contributed by atoms with Crippen LogP contribution in [-0.2, 0) is 16.0 Å². The molecule has 9 N–H and O–H groups in total. The maximum absolute atomic E-state index is 10.4. The van der Waals surface area contributed by atoms with Crippen molar-refractivity contribution in [3.63, 3.8) is 0 Å². The molecule has 0 saturated carbocycles. The van der Waals surface area contributed by atoms with Gasteiger partial charge in [0.1, 0.15) is 17.8 Å². The van der Waals surface area contributed by atoms with Gasteiger partial charge in [0, 0.05) is 0 Å². The number of phenols is 1. The lowest BCUT2D eigenvalue weighted by atomic mass is 10.1. The second kappa shape index (κ2) is 10.6. The van der Waals surface area contributed by atoms with Crippen LogP contribution < -0.4 is 17.2 Å². The molecule has 124 valence electrons. The van der Waals surface area contributed by atoms with Gasteiger partial charge in [0.2, 0.25) is 0 Å². The van der Waals surface area contributed by atoms with Gasteiger partial charge in [-0.3, -0.25) is 9.59 Å². The van der Waals surface area contributed by atoms with Gasteiger partial charge in [0.05, 0.1) is 0 Å². The predicted molar refractivity (Wildman–Crippen MR) is 81.3 cm³/mol. The molecule has 2 atom stereocenters. The van der Waals surface area contributed by atoms with Crippen molar-refractivity contribution in [3.8, 4) is 5.75 Å². The number of carboxylic acids is 2. The molecular weight excluding hydrogens is 290 g/mol. The first-order valence-corrected chi connectivity index (χ1v) is 6.72. The molecule has 8 nitrogen and oxygen atoms in total. The maximum atomic E-state index is 10.4. The van der Waals surface area contributed by atoms with Crippen LogP contribution in [0.2, 0.25) is 0 Å². The Morgan fingerprint density at radius 3 is 1.91 bits per heavy atom. The lowest BCUT2D eigenvalue weighted by Crippen LogP contribution is -2.32. The third-order valence-electron chi connectivity index (χ3n) is 2.75. The third kappa shape index (κ3) is 8.90. The second-order valence-electron chi connectivity index (χ2n) is 4.69. The molecule has 0 saturated heterocycles. The third-order valence-corrected chi connectivity index (χ3v) is 2.75. The summed E-state index contributed by atoms with van der Waals surface area (Å²) in [5.41, 5.74) is 16.4. The summed E-state index contributed by atoms with van der Waals surface area (Å²) in [6.07, 6.45) is 1.41. The van der Waals surface area contributed by atoms with Crippen LogP contribution in [0.4, 0.5) is 0 Å². The van der Waals surface area contributed by atoms with Crippen LogP contribution >= 0.6 is 0 Å². The number of aliphatic carboxylic acids is 2. The molecule has 0 radical (unpaired) electrons. The summed E-state index contributed by atoms with van der Waals surface area (Å²) in [5.74, 6) is -1.82. The summed E-state index contributed by atoms with van der Waals surface area (Å²) in [4.78, 5) is 20.4. The van der Waals surface area contributed by atoms with Crippen molar-refractivity contribution in [1.29, 1.82) is 0 Å². The number of hydrogen-bond acceptors (Lipinski definition) is 6. The van der Waals surface area contributed by atoms with Crippen LogP contribution in [0.5, 0.6) is 5.75 Å². The van der Waals surface area contributed by atoms with Gasteiger partial charge in [-0.2, -0.15) is 0 Å². The zero-order chi connectivity index (χ0) is 17.1. The molecule has 22 heavy (non-hydrogen) atoms. The maximum Gasteiger partial charge on any atom is 0.320 e. The van der Waals surface area contributed by atoms with Crippen molar-refractivity contribution in [3.05, 3.63) is 29.8 Å². The normalized spacial score (nSPS) is 12.7. The monoisotopic (exact) mass is 313 g/mol. The molecule has 0 spiro atoms. The largest absolute Gasteiger partial charge is 0.508 e.